The minimum Gasteiger partial charge on any atom is -0.458 e. The molecule has 1 rings (SSSR count). The molecule has 0 aromatic heterocycles. The lowest BCUT2D eigenvalue weighted by Crippen LogP contribution is -2.24. The lowest BCUT2D eigenvalue weighted by molar-refractivity contribution is -0.148. The van der Waals surface area contributed by atoms with E-state index in [0.29, 0.717) is 0 Å². The molecular formula is C8H10O4. The average Bonchev–Trinajstić information content (AvgIpc) is 2.29. The van der Waals surface area contributed by atoms with Gasteiger partial charge >= 0.3 is 11.9 Å². The third kappa shape index (κ3) is 1.84. The molecule has 4 nitrogen and oxygen atoms in total. The fourth-order valence-electron chi connectivity index (χ4n) is 1.08. The second-order valence-corrected chi connectivity index (χ2v) is 2.54. The predicted molar refractivity (Wildman–Crippen MR) is 40.2 cm³/mol. The first-order valence-electron chi connectivity index (χ1n) is 3.62. The Kier molecular flexibility index (Phi) is 2.47. The van der Waals surface area contributed by atoms with E-state index in [-0.39, 0.29) is 12.4 Å². The van der Waals surface area contributed by atoms with Gasteiger partial charge in [-0.15, -0.1) is 0 Å². The Labute approximate surface area is 70.1 Å². The molecule has 4 heteroatoms. The molecule has 1 saturated heterocycles. The fourth-order valence-corrected chi connectivity index (χ4v) is 1.08. The summed E-state index contributed by atoms with van der Waals surface area (Å²) in [5.74, 6) is -0.767. The van der Waals surface area contributed by atoms with Crippen LogP contribution in [0.25, 0.3) is 0 Å². The highest BCUT2D eigenvalue weighted by atomic mass is 16.6. The molecule has 1 heterocycles. The van der Waals surface area contributed by atoms with Crippen LogP contribution in [0.1, 0.15) is 13.3 Å². The van der Waals surface area contributed by atoms with Crippen molar-refractivity contribution in [1.29, 1.82) is 0 Å². The molecule has 1 fully saturated rings. The molecule has 0 spiro atoms. The molecule has 0 bridgehead atoms. The fraction of sp³-hybridized carbons (Fsp3) is 0.500. The van der Waals surface area contributed by atoms with E-state index in [1.807, 2.05) is 0 Å². The van der Waals surface area contributed by atoms with Crippen molar-refractivity contribution < 1.29 is 19.1 Å². The van der Waals surface area contributed by atoms with Gasteiger partial charge in [0.05, 0.1) is 6.42 Å². The van der Waals surface area contributed by atoms with Crippen molar-refractivity contribution in [3.63, 3.8) is 0 Å². The third-order valence-corrected chi connectivity index (χ3v) is 1.55. The van der Waals surface area contributed by atoms with Crippen molar-refractivity contribution in [2.45, 2.75) is 25.6 Å². The first-order chi connectivity index (χ1) is 5.63. The minimum atomic E-state index is -0.493. The van der Waals surface area contributed by atoms with Crippen LogP contribution in [0, 0.1) is 0 Å². The van der Waals surface area contributed by atoms with E-state index in [0.717, 1.165) is 0 Å². The van der Waals surface area contributed by atoms with E-state index in [4.69, 9.17) is 9.47 Å². The van der Waals surface area contributed by atoms with Gasteiger partial charge in [0.15, 0.2) is 12.2 Å². The molecule has 0 saturated carbocycles. The van der Waals surface area contributed by atoms with Crippen molar-refractivity contribution in [2.75, 3.05) is 0 Å². The quantitative estimate of drug-likeness (QED) is 0.445. The summed E-state index contributed by atoms with van der Waals surface area (Å²) in [4.78, 5) is 21.3. The van der Waals surface area contributed by atoms with Gasteiger partial charge in [0, 0.05) is 6.92 Å². The highest BCUT2D eigenvalue weighted by molar-refractivity contribution is 5.74. The molecule has 12 heavy (non-hydrogen) atoms. The molecule has 0 N–H and O–H groups in total. The van der Waals surface area contributed by atoms with Gasteiger partial charge in [0.25, 0.3) is 0 Å². The highest BCUT2D eigenvalue weighted by Crippen LogP contribution is 2.18. The zero-order valence-corrected chi connectivity index (χ0v) is 6.78. The highest BCUT2D eigenvalue weighted by Gasteiger charge is 2.34. The molecule has 66 valence electrons. The zero-order valence-electron chi connectivity index (χ0n) is 6.78. The van der Waals surface area contributed by atoms with Crippen LogP contribution in [0.3, 0.4) is 0 Å². The maximum Gasteiger partial charge on any atom is 0.310 e. The summed E-state index contributed by atoms with van der Waals surface area (Å²) < 4.78 is 9.62. The molecule has 2 atom stereocenters. The van der Waals surface area contributed by atoms with E-state index in [1.54, 1.807) is 0 Å². The number of rotatable bonds is 2. The van der Waals surface area contributed by atoms with Crippen LogP contribution in [0.4, 0.5) is 0 Å². The van der Waals surface area contributed by atoms with Crippen molar-refractivity contribution in [3.05, 3.63) is 12.7 Å². The van der Waals surface area contributed by atoms with E-state index < -0.39 is 18.2 Å². The molecule has 0 amide bonds. The summed E-state index contributed by atoms with van der Waals surface area (Å²) in [5, 5.41) is 0. The SMILES string of the molecule is C=C[C@H]1OC(=O)C[C@H]1OC(C)=O. The maximum atomic E-state index is 10.7. The number of ether oxygens (including phenoxy) is 2. The summed E-state index contributed by atoms with van der Waals surface area (Å²) in [6.45, 7) is 4.76. The Hall–Kier alpha value is -1.32. The first-order valence-corrected chi connectivity index (χ1v) is 3.62. The van der Waals surface area contributed by atoms with Crippen LogP contribution >= 0.6 is 0 Å². The predicted octanol–water partition coefficient (Wildman–Crippen LogP) is 0.420. The second-order valence-electron chi connectivity index (χ2n) is 2.54. The van der Waals surface area contributed by atoms with Crippen LogP contribution in [0.5, 0.6) is 0 Å². The molecule has 0 unspecified atom stereocenters. The van der Waals surface area contributed by atoms with Gasteiger partial charge in [-0.25, -0.2) is 0 Å². The van der Waals surface area contributed by atoms with Gasteiger partial charge in [0.2, 0.25) is 0 Å². The molecule has 1 aliphatic rings. The van der Waals surface area contributed by atoms with Gasteiger partial charge in [0.1, 0.15) is 0 Å². The van der Waals surface area contributed by atoms with Gasteiger partial charge < -0.3 is 9.47 Å². The van der Waals surface area contributed by atoms with Gasteiger partial charge in [-0.1, -0.05) is 6.58 Å². The number of carbonyl (C=O) groups is 2. The topological polar surface area (TPSA) is 52.6 Å². The summed E-state index contributed by atoms with van der Waals surface area (Å²) in [6.07, 6.45) is 0.600. The number of cyclic esters (lactones) is 1. The van der Waals surface area contributed by atoms with Gasteiger partial charge in [-0.2, -0.15) is 0 Å². The van der Waals surface area contributed by atoms with Crippen LogP contribution in [0.15, 0.2) is 12.7 Å². The van der Waals surface area contributed by atoms with Crippen molar-refractivity contribution in [1.82, 2.24) is 0 Å². The average molecular weight is 170 g/mol. The van der Waals surface area contributed by atoms with E-state index in [9.17, 15) is 9.59 Å². The van der Waals surface area contributed by atoms with Crippen molar-refractivity contribution >= 4 is 11.9 Å². The van der Waals surface area contributed by atoms with Crippen molar-refractivity contribution in [2.24, 2.45) is 0 Å². The number of esters is 2. The standard InChI is InChI=1S/C8H10O4/c1-3-6-7(11-5(2)9)4-8(10)12-6/h3,6-7H,1,4H2,2H3/t6-,7-/m1/s1. The summed E-state index contributed by atoms with van der Waals surface area (Å²) in [5.41, 5.74) is 0. The van der Waals surface area contributed by atoms with E-state index in [2.05, 4.69) is 6.58 Å². The largest absolute Gasteiger partial charge is 0.458 e. The van der Waals surface area contributed by atoms with Gasteiger partial charge in [-0.3, -0.25) is 9.59 Å². The Balaban J connectivity index is 2.57. The van der Waals surface area contributed by atoms with Gasteiger partial charge in [-0.05, 0) is 6.08 Å². The van der Waals surface area contributed by atoms with Crippen LogP contribution in [-0.2, 0) is 19.1 Å². The number of hydrogen-bond donors (Lipinski definition) is 0. The Morgan fingerprint density at radius 2 is 2.50 bits per heavy atom. The molecule has 0 aromatic carbocycles. The lowest BCUT2D eigenvalue weighted by Gasteiger charge is -2.12. The van der Waals surface area contributed by atoms with Crippen LogP contribution in [-0.4, -0.2) is 24.1 Å². The number of carbonyl (C=O) groups excluding carboxylic acids is 2. The maximum absolute atomic E-state index is 10.7. The number of hydrogen-bond acceptors (Lipinski definition) is 4. The van der Waals surface area contributed by atoms with Crippen LogP contribution < -0.4 is 0 Å². The van der Waals surface area contributed by atoms with Crippen molar-refractivity contribution in [3.8, 4) is 0 Å². The van der Waals surface area contributed by atoms with E-state index in [1.165, 1.54) is 13.0 Å². The molecule has 0 aromatic rings. The monoisotopic (exact) mass is 170 g/mol. The molecular weight excluding hydrogens is 160 g/mol. The minimum absolute atomic E-state index is 0.121. The van der Waals surface area contributed by atoms with E-state index >= 15 is 0 Å². The summed E-state index contributed by atoms with van der Waals surface area (Å²) in [6, 6.07) is 0. The summed E-state index contributed by atoms with van der Waals surface area (Å²) in [7, 11) is 0. The second kappa shape index (κ2) is 3.38. The van der Waals surface area contributed by atoms with Crippen LogP contribution in [0.2, 0.25) is 0 Å². The molecule has 0 radical (unpaired) electrons. The summed E-state index contributed by atoms with van der Waals surface area (Å²) >= 11 is 0. The zero-order chi connectivity index (χ0) is 9.14. The normalized spacial score (nSPS) is 27.9. The Morgan fingerprint density at radius 3 is 3.00 bits per heavy atom. The molecule has 0 aliphatic carbocycles. The first kappa shape index (κ1) is 8.77. The Morgan fingerprint density at radius 1 is 1.83 bits per heavy atom. The smallest absolute Gasteiger partial charge is 0.310 e. The lowest BCUT2D eigenvalue weighted by atomic mass is 10.2. The Bertz CT molecular complexity index is 221. The molecule has 1 aliphatic heterocycles. The third-order valence-electron chi connectivity index (χ3n) is 1.55.